The van der Waals surface area contributed by atoms with Gasteiger partial charge in [0.05, 0.1) is 4.90 Å². The average molecular weight is 486 g/mol. The number of hydrogen-bond donors (Lipinski definition) is 2. The molecule has 1 aliphatic heterocycles. The van der Waals surface area contributed by atoms with Crippen LogP contribution in [0.4, 0.5) is 5.69 Å². The van der Waals surface area contributed by atoms with E-state index < -0.39 is 10.0 Å². The first-order chi connectivity index (χ1) is 16.2. The molecule has 0 unspecified atom stereocenters. The van der Waals surface area contributed by atoms with E-state index in [1.165, 1.54) is 12.1 Å². The highest BCUT2D eigenvalue weighted by Gasteiger charge is 2.29. The van der Waals surface area contributed by atoms with Crippen LogP contribution in [0.25, 0.3) is 0 Å². The van der Waals surface area contributed by atoms with E-state index in [1.54, 1.807) is 30.0 Å². The third kappa shape index (κ3) is 6.59. The van der Waals surface area contributed by atoms with Gasteiger partial charge < -0.3 is 10.2 Å². The summed E-state index contributed by atoms with van der Waals surface area (Å²) in [6.45, 7) is 7.51. The molecule has 2 aromatic carbocycles. The zero-order chi connectivity index (χ0) is 24.7. The number of unbranched alkanes of at least 4 members (excludes halogenated alkanes) is 2. The van der Waals surface area contributed by atoms with E-state index in [2.05, 4.69) is 17.0 Å². The number of sulfonamides is 1. The van der Waals surface area contributed by atoms with Crippen LogP contribution in [0.1, 0.15) is 60.5 Å². The van der Waals surface area contributed by atoms with Gasteiger partial charge in [0, 0.05) is 36.8 Å². The Balaban J connectivity index is 1.65. The number of benzene rings is 2. The lowest BCUT2D eigenvalue weighted by atomic mass is 9.95. The van der Waals surface area contributed by atoms with Crippen LogP contribution in [0.15, 0.2) is 47.4 Å². The van der Waals surface area contributed by atoms with Crippen LogP contribution in [0, 0.1) is 19.8 Å². The van der Waals surface area contributed by atoms with E-state index in [1.807, 2.05) is 19.1 Å². The Morgan fingerprint density at radius 2 is 1.68 bits per heavy atom. The first-order valence-electron chi connectivity index (χ1n) is 12.0. The second-order valence-electron chi connectivity index (χ2n) is 9.01. The Labute approximate surface area is 203 Å². The van der Waals surface area contributed by atoms with Crippen molar-refractivity contribution in [2.45, 2.75) is 57.8 Å². The largest absolute Gasteiger partial charge is 0.356 e. The normalized spacial score (nSPS) is 14.6. The van der Waals surface area contributed by atoms with Gasteiger partial charge in [-0.25, -0.2) is 8.42 Å². The minimum Gasteiger partial charge on any atom is -0.356 e. The summed E-state index contributed by atoms with van der Waals surface area (Å²) < 4.78 is 28.4. The summed E-state index contributed by atoms with van der Waals surface area (Å²) in [4.78, 5) is 27.4. The number of hydrogen-bond acceptors (Lipinski definition) is 4. The van der Waals surface area contributed by atoms with Crippen LogP contribution in [0.5, 0.6) is 0 Å². The highest BCUT2D eigenvalue weighted by molar-refractivity contribution is 7.92. The first-order valence-corrected chi connectivity index (χ1v) is 13.5. The van der Waals surface area contributed by atoms with E-state index in [0.29, 0.717) is 43.7 Å². The van der Waals surface area contributed by atoms with Crippen LogP contribution in [0.2, 0.25) is 0 Å². The Kier molecular flexibility index (Phi) is 8.72. The molecule has 7 nitrogen and oxygen atoms in total. The summed E-state index contributed by atoms with van der Waals surface area (Å²) in [5, 5.41) is 3.00. The number of anilines is 1. The van der Waals surface area contributed by atoms with E-state index in [4.69, 9.17) is 0 Å². The molecule has 3 rings (SSSR count). The predicted molar refractivity (Wildman–Crippen MR) is 134 cm³/mol. The lowest BCUT2D eigenvalue weighted by Gasteiger charge is -2.32. The highest BCUT2D eigenvalue weighted by Crippen LogP contribution is 2.24. The van der Waals surface area contributed by atoms with Crippen molar-refractivity contribution in [2.75, 3.05) is 24.4 Å². The Bertz CT molecular complexity index is 1110. The molecular formula is C26H35N3O4S. The third-order valence-electron chi connectivity index (χ3n) is 6.29. The molecule has 1 fully saturated rings. The number of nitrogens with zero attached hydrogens (tertiary/aromatic N) is 1. The van der Waals surface area contributed by atoms with Crippen LogP contribution >= 0.6 is 0 Å². The van der Waals surface area contributed by atoms with Gasteiger partial charge in [0.1, 0.15) is 0 Å². The van der Waals surface area contributed by atoms with Gasteiger partial charge in [-0.05, 0) is 62.9 Å². The maximum Gasteiger partial charge on any atom is 0.261 e. The van der Waals surface area contributed by atoms with Crippen molar-refractivity contribution in [1.29, 1.82) is 0 Å². The fraction of sp³-hybridized carbons (Fsp3) is 0.462. The number of piperidine rings is 1. The number of carbonyl (C=O) groups is 2. The summed E-state index contributed by atoms with van der Waals surface area (Å²) >= 11 is 0. The number of rotatable bonds is 9. The molecule has 184 valence electrons. The van der Waals surface area contributed by atoms with Crippen LogP contribution in [-0.4, -0.2) is 44.8 Å². The lowest BCUT2D eigenvalue weighted by molar-refractivity contribution is -0.126. The molecule has 0 radical (unpaired) electrons. The monoisotopic (exact) mass is 485 g/mol. The van der Waals surface area contributed by atoms with Crippen molar-refractivity contribution < 1.29 is 18.0 Å². The molecule has 0 bridgehead atoms. The summed E-state index contributed by atoms with van der Waals surface area (Å²) in [5.74, 6) is -0.224. The molecular weight excluding hydrogens is 450 g/mol. The molecule has 2 amide bonds. The van der Waals surface area contributed by atoms with Gasteiger partial charge in [-0.3, -0.25) is 14.3 Å². The SMILES string of the molecule is CCCCCNC(=O)C1CCN(C(=O)c2cc(S(=O)(=O)Nc3ccc(C)cc3)ccc2C)CC1. The molecule has 2 N–H and O–H groups in total. The van der Waals surface area contributed by atoms with Crippen molar-refractivity contribution in [2.24, 2.45) is 5.92 Å². The third-order valence-corrected chi connectivity index (χ3v) is 7.67. The molecule has 0 spiro atoms. The summed E-state index contributed by atoms with van der Waals surface area (Å²) in [5.41, 5.74) is 2.59. The van der Waals surface area contributed by atoms with Gasteiger partial charge in [0.25, 0.3) is 15.9 Å². The van der Waals surface area contributed by atoms with E-state index in [9.17, 15) is 18.0 Å². The molecule has 1 saturated heterocycles. The number of carbonyl (C=O) groups excluding carboxylic acids is 2. The van der Waals surface area contributed by atoms with Crippen molar-refractivity contribution in [1.82, 2.24) is 10.2 Å². The van der Waals surface area contributed by atoms with Gasteiger partial charge >= 0.3 is 0 Å². The van der Waals surface area contributed by atoms with E-state index in [-0.39, 0.29) is 22.6 Å². The molecule has 1 heterocycles. The molecule has 2 aromatic rings. The number of aryl methyl sites for hydroxylation is 2. The van der Waals surface area contributed by atoms with Gasteiger partial charge in [-0.15, -0.1) is 0 Å². The fourth-order valence-electron chi connectivity index (χ4n) is 4.08. The van der Waals surface area contributed by atoms with Crippen molar-refractivity contribution in [3.05, 3.63) is 59.2 Å². The maximum absolute atomic E-state index is 13.2. The van der Waals surface area contributed by atoms with Crippen molar-refractivity contribution in [3.8, 4) is 0 Å². The quantitative estimate of drug-likeness (QED) is 0.519. The van der Waals surface area contributed by atoms with Crippen molar-refractivity contribution in [3.63, 3.8) is 0 Å². The Morgan fingerprint density at radius 1 is 1.00 bits per heavy atom. The summed E-state index contributed by atoms with van der Waals surface area (Å²) in [6, 6.07) is 11.7. The number of nitrogens with one attached hydrogen (secondary N) is 2. The highest BCUT2D eigenvalue weighted by atomic mass is 32.2. The van der Waals surface area contributed by atoms with Gasteiger partial charge in [-0.2, -0.15) is 0 Å². The number of likely N-dealkylation sites (tertiary alicyclic amines) is 1. The van der Waals surface area contributed by atoms with Crippen LogP contribution in [-0.2, 0) is 14.8 Å². The van der Waals surface area contributed by atoms with Crippen molar-refractivity contribution >= 4 is 27.5 Å². The topological polar surface area (TPSA) is 95.6 Å². The Morgan fingerprint density at radius 3 is 2.32 bits per heavy atom. The molecule has 0 saturated carbocycles. The molecule has 34 heavy (non-hydrogen) atoms. The van der Waals surface area contributed by atoms with Gasteiger partial charge in [0.2, 0.25) is 5.91 Å². The van der Waals surface area contributed by atoms with Crippen LogP contribution < -0.4 is 10.0 Å². The predicted octanol–water partition coefficient (Wildman–Crippen LogP) is 4.26. The minimum atomic E-state index is -3.84. The minimum absolute atomic E-state index is 0.0448. The average Bonchev–Trinajstić information content (AvgIpc) is 2.83. The molecule has 8 heteroatoms. The second kappa shape index (κ2) is 11.5. The fourth-order valence-corrected chi connectivity index (χ4v) is 5.16. The second-order valence-corrected chi connectivity index (χ2v) is 10.7. The molecule has 0 aromatic heterocycles. The van der Waals surface area contributed by atoms with E-state index >= 15 is 0 Å². The molecule has 0 aliphatic carbocycles. The van der Waals surface area contributed by atoms with Gasteiger partial charge in [0.15, 0.2) is 0 Å². The maximum atomic E-state index is 13.2. The van der Waals surface area contributed by atoms with E-state index in [0.717, 1.165) is 30.4 Å². The smallest absolute Gasteiger partial charge is 0.261 e. The first kappa shape index (κ1) is 25.7. The van der Waals surface area contributed by atoms with Crippen LogP contribution in [0.3, 0.4) is 0 Å². The molecule has 0 atom stereocenters. The molecule has 1 aliphatic rings. The standard InChI is InChI=1S/C26H35N3O4S/c1-4-5-6-15-27-25(30)21-13-16-29(17-14-21)26(31)24-18-23(12-9-20(24)3)34(32,33)28-22-10-7-19(2)8-11-22/h7-12,18,21,28H,4-6,13-17H2,1-3H3,(H,27,30). The number of amides is 2. The lowest BCUT2D eigenvalue weighted by Crippen LogP contribution is -2.43. The zero-order valence-electron chi connectivity index (χ0n) is 20.3. The Hall–Kier alpha value is -2.87. The van der Waals surface area contributed by atoms with Gasteiger partial charge in [-0.1, -0.05) is 43.5 Å². The summed E-state index contributed by atoms with van der Waals surface area (Å²) in [6.07, 6.45) is 4.41. The summed E-state index contributed by atoms with van der Waals surface area (Å²) in [7, 11) is -3.84. The zero-order valence-corrected chi connectivity index (χ0v) is 21.1.